The topological polar surface area (TPSA) is 67.4 Å². The number of hydrogen-bond donors (Lipinski definition) is 2. The summed E-state index contributed by atoms with van der Waals surface area (Å²) in [6.45, 7) is 1.98. The van der Waals surface area contributed by atoms with Crippen LogP contribution in [0.25, 0.3) is 0 Å². The molecule has 1 aromatic carbocycles. The maximum Gasteiger partial charge on any atom is 0.203 e. The van der Waals surface area contributed by atoms with Crippen molar-refractivity contribution in [1.29, 1.82) is 0 Å². The van der Waals surface area contributed by atoms with Gasteiger partial charge in [-0.15, -0.1) is 11.3 Å². The molecule has 0 amide bonds. The van der Waals surface area contributed by atoms with Gasteiger partial charge in [0, 0.05) is 42.3 Å². The van der Waals surface area contributed by atoms with E-state index < -0.39 is 0 Å². The van der Waals surface area contributed by atoms with E-state index in [-0.39, 0.29) is 0 Å². The molecule has 7 nitrogen and oxygen atoms in total. The number of benzene rings is 1. The van der Waals surface area contributed by atoms with E-state index in [4.69, 9.17) is 14.2 Å². The zero-order valence-electron chi connectivity index (χ0n) is 18.4. The third-order valence-electron chi connectivity index (χ3n) is 5.52. The Bertz CT molecular complexity index is 816. The van der Waals surface area contributed by atoms with Crippen molar-refractivity contribution < 1.29 is 14.2 Å². The predicted molar refractivity (Wildman–Crippen MR) is 123 cm³/mol. The second-order valence-corrected chi connectivity index (χ2v) is 8.31. The molecule has 1 aliphatic heterocycles. The minimum Gasteiger partial charge on any atom is -0.493 e. The maximum absolute atomic E-state index is 5.45. The van der Waals surface area contributed by atoms with Crippen LogP contribution >= 0.6 is 11.3 Å². The van der Waals surface area contributed by atoms with Crippen LogP contribution in [-0.2, 0) is 0 Å². The summed E-state index contributed by atoms with van der Waals surface area (Å²) in [4.78, 5) is 8.30. The number of hydrogen-bond acceptors (Lipinski definition) is 6. The lowest BCUT2D eigenvalue weighted by atomic mass is 9.88. The monoisotopic (exact) mass is 432 g/mol. The van der Waals surface area contributed by atoms with Gasteiger partial charge in [0.25, 0.3) is 0 Å². The summed E-state index contributed by atoms with van der Waals surface area (Å²) in [5.41, 5.74) is 0.813. The van der Waals surface area contributed by atoms with Gasteiger partial charge in [-0.2, -0.15) is 0 Å². The number of likely N-dealkylation sites (tertiary alicyclic amines) is 1. The fourth-order valence-corrected chi connectivity index (χ4v) is 5.06. The van der Waals surface area contributed by atoms with Crippen molar-refractivity contribution in [1.82, 2.24) is 10.2 Å². The lowest BCUT2D eigenvalue weighted by Crippen LogP contribution is -2.42. The predicted octanol–water partition coefficient (Wildman–Crippen LogP) is 3.84. The summed E-state index contributed by atoms with van der Waals surface area (Å²) < 4.78 is 16.3. The summed E-state index contributed by atoms with van der Waals surface area (Å²) in [6.07, 6.45) is 2.41. The molecule has 1 aromatic heterocycles. The van der Waals surface area contributed by atoms with Gasteiger partial charge in [-0.25, -0.2) is 0 Å². The van der Waals surface area contributed by atoms with Gasteiger partial charge in [0.05, 0.1) is 21.3 Å². The first-order valence-corrected chi connectivity index (χ1v) is 11.0. The van der Waals surface area contributed by atoms with Gasteiger partial charge in [-0.05, 0) is 43.8 Å². The number of rotatable bonds is 7. The highest BCUT2D eigenvalue weighted by Crippen LogP contribution is 2.40. The van der Waals surface area contributed by atoms with Gasteiger partial charge in [-0.1, -0.05) is 6.07 Å². The lowest BCUT2D eigenvalue weighted by molar-refractivity contribution is 0.125. The third-order valence-corrected chi connectivity index (χ3v) is 6.47. The number of thiophene rings is 1. The van der Waals surface area contributed by atoms with Gasteiger partial charge in [0.2, 0.25) is 5.75 Å². The van der Waals surface area contributed by atoms with Crippen molar-refractivity contribution in [3.8, 4) is 17.2 Å². The van der Waals surface area contributed by atoms with Crippen LogP contribution < -0.4 is 24.8 Å². The fourth-order valence-electron chi connectivity index (χ4n) is 4.08. The largest absolute Gasteiger partial charge is 0.493 e. The molecule has 30 heavy (non-hydrogen) atoms. The first kappa shape index (κ1) is 22.2. The molecule has 2 N–H and O–H groups in total. The van der Waals surface area contributed by atoms with E-state index >= 15 is 0 Å². The van der Waals surface area contributed by atoms with Crippen LogP contribution in [0, 0.1) is 5.92 Å². The summed E-state index contributed by atoms with van der Waals surface area (Å²) in [5, 5.41) is 9.01. The SMILES string of the molecule is CN=C(NCC1CCCN(C)C1c1cccs1)Nc1cc(OC)c(OC)c(OC)c1. The smallest absolute Gasteiger partial charge is 0.203 e. The summed E-state index contributed by atoms with van der Waals surface area (Å²) in [6, 6.07) is 8.56. The molecule has 2 atom stereocenters. The molecule has 1 aliphatic rings. The molecule has 8 heteroatoms. The molecular formula is C22H32N4O3S. The number of guanidine groups is 1. The van der Waals surface area contributed by atoms with E-state index in [1.54, 1.807) is 28.4 Å². The van der Waals surface area contributed by atoms with Gasteiger partial charge < -0.3 is 24.8 Å². The average Bonchev–Trinajstić information content (AvgIpc) is 3.30. The third kappa shape index (κ3) is 4.99. The highest BCUT2D eigenvalue weighted by molar-refractivity contribution is 7.10. The van der Waals surface area contributed by atoms with Crippen LogP contribution in [-0.4, -0.2) is 59.4 Å². The zero-order chi connectivity index (χ0) is 21.5. The maximum atomic E-state index is 5.45. The quantitative estimate of drug-likeness (QED) is 0.512. The molecule has 0 aliphatic carbocycles. The molecule has 0 spiro atoms. The Hall–Kier alpha value is -2.45. The number of piperidine rings is 1. The molecule has 0 bridgehead atoms. The summed E-state index contributed by atoms with van der Waals surface area (Å²) in [7, 11) is 8.81. The van der Waals surface area contributed by atoms with Gasteiger partial charge in [-0.3, -0.25) is 9.89 Å². The van der Waals surface area contributed by atoms with Crippen LogP contribution in [0.5, 0.6) is 17.2 Å². The Morgan fingerprint density at radius 2 is 1.93 bits per heavy atom. The first-order chi connectivity index (χ1) is 14.6. The van der Waals surface area contributed by atoms with E-state index in [1.807, 2.05) is 23.5 Å². The minimum absolute atomic E-state index is 0.436. The molecule has 164 valence electrons. The minimum atomic E-state index is 0.436. The van der Waals surface area contributed by atoms with Crippen molar-refractivity contribution in [2.75, 3.05) is 53.8 Å². The molecule has 2 unspecified atom stereocenters. The van der Waals surface area contributed by atoms with Crippen molar-refractivity contribution in [2.45, 2.75) is 18.9 Å². The van der Waals surface area contributed by atoms with Crippen LogP contribution in [0.3, 0.4) is 0 Å². The second-order valence-electron chi connectivity index (χ2n) is 7.34. The van der Waals surface area contributed by atoms with Crippen molar-refractivity contribution in [2.24, 2.45) is 10.9 Å². The molecule has 1 fully saturated rings. The molecule has 2 heterocycles. The molecule has 2 aromatic rings. The van der Waals surface area contributed by atoms with Crippen molar-refractivity contribution in [3.63, 3.8) is 0 Å². The van der Waals surface area contributed by atoms with Crippen LogP contribution in [0.15, 0.2) is 34.6 Å². The second kappa shape index (κ2) is 10.5. The zero-order valence-corrected chi connectivity index (χ0v) is 19.2. The first-order valence-electron chi connectivity index (χ1n) is 10.1. The van der Waals surface area contributed by atoms with E-state index in [0.29, 0.717) is 35.2 Å². The molecule has 0 saturated carbocycles. The highest BCUT2D eigenvalue weighted by Gasteiger charge is 2.31. The molecule has 0 radical (unpaired) electrons. The number of ether oxygens (including phenoxy) is 3. The van der Waals surface area contributed by atoms with Crippen molar-refractivity contribution >= 4 is 23.0 Å². The Balaban J connectivity index is 1.70. The molecular weight excluding hydrogens is 400 g/mol. The van der Waals surface area contributed by atoms with E-state index in [0.717, 1.165) is 18.8 Å². The van der Waals surface area contributed by atoms with Crippen LogP contribution in [0.4, 0.5) is 5.69 Å². The summed E-state index contributed by atoms with van der Waals surface area (Å²) in [5.74, 6) is 2.99. The fraction of sp³-hybridized carbons (Fsp3) is 0.500. The van der Waals surface area contributed by atoms with E-state index in [9.17, 15) is 0 Å². The number of methoxy groups -OCH3 is 3. The summed E-state index contributed by atoms with van der Waals surface area (Å²) >= 11 is 1.84. The van der Waals surface area contributed by atoms with Gasteiger partial charge >= 0.3 is 0 Å². The number of nitrogens with zero attached hydrogens (tertiary/aromatic N) is 2. The Kier molecular flexibility index (Phi) is 7.81. The van der Waals surface area contributed by atoms with Crippen LogP contribution in [0.1, 0.15) is 23.8 Å². The Labute approximate surface area is 183 Å². The van der Waals surface area contributed by atoms with Crippen LogP contribution in [0.2, 0.25) is 0 Å². The Morgan fingerprint density at radius 3 is 2.50 bits per heavy atom. The van der Waals surface area contributed by atoms with E-state index in [1.165, 1.54) is 17.7 Å². The lowest BCUT2D eigenvalue weighted by Gasteiger charge is -2.39. The molecule has 3 rings (SSSR count). The number of anilines is 1. The normalized spacial score (nSPS) is 20.0. The number of nitrogens with one attached hydrogen (secondary N) is 2. The average molecular weight is 433 g/mol. The van der Waals surface area contributed by atoms with Gasteiger partial charge in [0.1, 0.15) is 0 Å². The standard InChI is InChI=1S/C22H32N4O3S/c1-23-22(25-16-12-17(27-3)21(29-5)18(13-16)28-4)24-14-15-8-6-10-26(2)20(15)19-9-7-11-30-19/h7,9,11-13,15,20H,6,8,10,14H2,1-5H3,(H2,23,24,25). The highest BCUT2D eigenvalue weighted by atomic mass is 32.1. The van der Waals surface area contributed by atoms with Crippen molar-refractivity contribution in [3.05, 3.63) is 34.5 Å². The van der Waals surface area contributed by atoms with E-state index in [2.05, 4.69) is 45.1 Å². The number of aliphatic imine (C=N–C) groups is 1. The van der Waals surface area contributed by atoms with Gasteiger partial charge in [0.15, 0.2) is 17.5 Å². The Morgan fingerprint density at radius 1 is 1.20 bits per heavy atom. The molecule has 1 saturated heterocycles.